The molecule has 1 unspecified atom stereocenters. The Morgan fingerprint density at radius 1 is 0.912 bits per heavy atom. The number of hydrogen-bond acceptors (Lipinski definition) is 4. The van der Waals surface area contributed by atoms with Crippen LogP contribution in [0.5, 0.6) is 0 Å². The zero-order valence-electron chi connectivity index (χ0n) is 20.7. The molecule has 2 amide bonds. The molecular formula is C26H35N3O4S. The molecule has 0 spiro atoms. The number of nitrogens with one attached hydrogen (secondary N) is 2. The molecule has 1 aliphatic rings. The van der Waals surface area contributed by atoms with Gasteiger partial charge in [0.05, 0.1) is 4.90 Å². The van der Waals surface area contributed by atoms with Crippen LogP contribution in [0, 0.1) is 34.6 Å². The quantitative estimate of drug-likeness (QED) is 0.607. The number of hydrogen-bond donors (Lipinski definition) is 2. The lowest BCUT2D eigenvalue weighted by Crippen LogP contribution is -2.46. The average Bonchev–Trinajstić information content (AvgIpc) is 2.75. The maximum absolute atomic E-state index is 13.6. The van der Waals surface area contributed by atoms with Gasteiger partial charge in [-0.2, -0.15) is 4.31 Å². The highest BCUT2D eigenvalue weighted by Gasteiger charge is 2.35. The average molecular weight is 486 g/mol. The first-order valence-corrected chi connectivity index (χ1v) is 13.2. The highest BCUT2D eigenvalue weighted by molar-refractivity contribution is 7.89. The third kappa shape index (κ3) is 5.85. The van der Waals surface area contributed by atoms with Crippen LogP contribution < -0.4 is 10.6 Å². The molecule has 8 heteroatoms. The summed E-state index contributed by atoms with van der Waals surface area (Å²) >= 11 is 0. The van der Waals surface area contributed by atoms with Crippen molar-refractivity contribution in [3.63, 3.8) is 0 Å². The highest BCUT2D eigenvalue weighted by Crippen LogP contribution is 2.31. The number of aryl methyl sites for hydroxylation is 5. The summed E-state index contributed by atoms with van der Waals surface area (Å²) in [4.78, 5) is 25.0. The van der Waals surface area contributed by atoms with Gasteiger partial charge in [-0.05, 0) is 76.6 Å². The zero-order chi connectivity index (χ0) is 25.0. The van der Waals surface area contributed by atoms with Crippen LogP contribution in [0.25, 0.3) is 0 Å². The fourth-order valence-corrected chi connectivity index (χ4v) is 6.97. The summed E-state index contributed by atoms with van der Waals surface area (Å²) in [6, 6.07) is 9.15. The molecular weight excluding hydrogens is 450 g/mol. The molecule has 0 saturated carbocycles. The lowest BCUT2D eigenvalue weighted by Gasteiger charge is -2.35. The minimum Gasteiger partial charge on any atom is -0.348 e. The van der Waals surface area contributed by atoms with Crippen LogP contribution in [0.4, 0.5) is 5.69 Å². The van der Waals surface area contributed by atoms with E-state index in [1.165, 1.54) is 0 Å². The Kier molecular flexibility index (Phi) is 8.15. The third-order valence-corrected chi connectivity index (χ3v) is 8.60. The number of benzene rings is 2. The van der Waals surface area contributed by atoms with Gasteiger partial charge < -0.3 is 10.6 Å². The van der Waals surface area contributed by atoms with E-state index in [1.54, 1.807) is 10.4 Å². The monoisotopic (exact) mass is 485 g/mol. The minimum absolute atomic E-state index is 0.221. The molecule has 1 aliphatic heterocycles. The normalized spacial score (nSPS) is 16.8. The van der Waals surface area contributed by atoms with Gasteiger partial charge in [0, 0.05) is 24.8 Å². The first kappa shape index (κ1) is 25.9. The second-order valence-electron chi connectivity index (χ2n) is 9.31. The van der Waals surface area contributed by atoms with E-state index in [4.69, 9.17) is 0 Å². The molecule has 0 radical (unpaired) electrons. The standard InChI is InChI=1S/C26H35N3O4S/c1-17-9-10-23(19(3)14-17)28-26(31)25(30)27-12-11-22-8-6-7-13-29(22)34(32,33)24-20(4)15-18(2)16-21(24)5/h9-10,14-16,22H,6-8,11-13H2,1-5H3,(H,27,30)(H,28,31). The molecule has 0 aliphatic carbocycles. The van der Waals surface area contributed by atoms with Gasteiger partial charge in [-0.3, -0.25) is 9.59 Å². The topological polar surface area (TPSA) is 95.6 Å². The Hall–Kier alpha value is -2.71. The van der Waals surface area contributed by atoms with Crippen molar-refractivity contribution in [1.29, 1.82) is 0 Å². The summed E-state index contributed by atoms with van der Waals surface area (Å²) in [6.45, 7) is 10.1. The SMILES string of the molecule is Cc1ccc(NC(=O)C(=O)NCCC2CCCCN2S(=O)(=O)c2c(C)cc(C)cc2C)c(C)c1. The Labute approximate surface area is 203 Å². The second kappa shape index (κ2) is 10.7. The van der Waals surface area contributed by atoms with Crippen LogP contribution in [0.1, 0.15) is 53.5 Å². The summed E-state index contributed by atoms with van der Waals surface area (Å²) in [7, 11) is -3.66. The van der Waals surface area contributed by atoms with Gasteiger partial charge >= 0.3 is 11.8 Å². The summed E-state index contributed by atoms with van der Waals surface area (Å²) in [5.41, 5.74) is 5.08. The number of piperidine rings is 1. The third-order valence-electron chi connectivity index (χ3n) is 6.34. The summed E-state index contributed by atoms with van der Waals surface area (Å²) in [5, 5.41) is 5.29. The van der Waals surface area contributed by atoms with Crippen LogP contribution >= 0.6 is 0 Å². The molecule has 0 bridgehead atoms. The van der Waals surface area contributed by atoms with Crippen LogP contribution in [-0.4, -0.2) is 43.7 Å². The first-order chi connectivity index (χ1) is 16.0. The van der Waals surface area contributed by atoms with Gasteiger partial charge in [-0.25, -0.2) is 8.42 Å². The number of rotatable bonds is 6. The highest BCUT2D eigenvalue weighted by atomic mass is 32.2. The van der Waals surface area contributed by atoms with Crippen molar-refractivity contribution in [1.82, 2.24) is 9.62 Å². The lowest BCUT2D eigenvalue weighted by molar-refractivity contribution is -0.136. The van der Waals surface area contributed by atoms with Crippen molar-refractivity contribution >= 4 is 27.5 Å². The number of sulfonamides is 1. The molecule has 2 N–H and O–H groups in total. The van der Waals surface area contributed by atoms with E-state index in [0.717, 1.165) is 47.1 Å². The molecule has 1 fully saturated rings. The Morgan fingerprint density at radius 2 is 1.56 bits per heavy atom. The summed E-state index contributed by atoms with van der Waals surface area (Å²) < 4.78 is 28.8. The van der Waals surface area contributed by atoms with Crippen molar-refractivity contribution < 1.29 is 18.0 Å². The van der Waals surface area contributed by atoms with Gasteiger partial charge in [-0.1, -0.05) is 41.8 Å². The number of carbonyl (C=O) groups excluding carboxylic acids is 2. The second-order valence-corrected chi connectivity index (χ2v) is 11.1. The summed E-state index contributed by atoms with van der Waals surface area (Å²) in [5.74, 6) is -1.46. The molecule has 34 heavy (non-hydrogen) atoms. The lowest BCUT2D eigenvalue weighted by atomic mass is 10.0. The van der Waals surface area contributed by atoms with Crippen molar-refractivity contribution in [2.75, 3.05) is 18.4 Å². The van der Waals surface area contributed by atoms with Gasteiger partial charge in [0.25, 0.3) is 0 Å². The van der Waals surface area contributed by atoms with Crippen LogP contribution in [0.2, 0.25) is 0 Å². The van der Waals surface area contributed by atoms with Gasteiger partial charge in [0.1, 0.15) is 0 Å². The molecule has 0 aromatic heterocycles. The molecule has 2 aromatic rings. The van der Waals surface area contributed by atoms with Crippen LogP contribution in [0.15, 0.2) is 35.2 Å². The molecule has 2 aromatic carbocycles. The van der Waals surface area contributed by atoms with E-state index in [9.17, 15) is 18.0 Å². The van der Waals surface area contributed by atoms with E-state index in [2.05, 4.69) is 10.6 Å². The zero-order valence-corrected chi connectivity index (χ0v) is 21.5. The van der Waals surface area contributed by atoms with E-state index in [-0.39, 0.29) is 12.6 Å². The molecule has 1 saturated heterocycles. The van der Waals surface area contributed by atoms with Gasteiger partial charge in [0.2, 0.25) is 10.0 Å². The minimum atomic E-state index is -3.66. The molecule has 184 valence electrons. The van der Waals surface area contributed by atoms with Crippen LogP contribution in [0.3, 0.4) is 0 Å². The number of nitrogens with zero attached hydrogens (tertiary/aromatic N) is 1. The van der Waals surface area contributed by atoms with Gasteiger partial charge in [-0.15, -0.1) is 0 Å². The fourth-order valence-electron chi connectivity index (χ4n) is 4.84. The fraction of sp³-hybridized carbons (Fsp3) is 0.462. The number of amides is 2. The van der Waals surface area contributed by atoms with Crippen LogP contribution in [-0.2, 0) is 19.6 Å². The van der Waals surface area contributed by atoms with E-state index < -0.39 is 21.8 Å². The summed E-state index contributed by atoms with van der Waals surface area (Å²) in [6.07, 6.45) is 2.92. The molecule has 7 nitrogen and oxygen atoms in total. The molecule has 1 atom stereocenters. The molecule has 3 rings (SSSR count). The van der Waals surface area contributed by atoms with Crippen molar-refractivity contribution in [3.05, 3.63) is 58.1 Å². The van der Waals surface area contributed by atoms with Crippen molar-refractivity contribution in [2.24, 2.45) is 0 Å². The largest absolute Gasteiger partial charge is 0.348 e. The van der Waals surface area contributed by atoms with Crippen molar-refractivity contribution in [3.8, 4) is 0 Å². The predicted molar refractivity (Wildman–Crippen MR) is 134 cm³/mol. The van der Waals surface area contributed by atoms with Crippen molar-refractivity contribution in [2.45, 2.75) is 71.2 Å². The molecule has 1 heterocycles. The first-order valence-electron chi connectivity index (χ1n) is 11.8. The van der Waals surface area contributed by atoms with E-state index in [1.807, 2.05) is 58.9 Å². The van der Waals surface area contributed by atoms with E-state index >= 15 is 0 Å². The Bertz CT molecular complexity index is 1170. The number of anilines is 1. The van der Waals surface area contributed by atoms with E-state index in [0.29, 0.717) is 23.5 Å². The maximum Gasteiger partial charge on any atom is 0.313 e. The Balaban J connectivity index is 1.64. The smallest absolute Gasteiger partial charge is 0.313 e. The van der Waals surface area contributed by atoms with Gasteiger partial charge in [0.15, 0.2) is 0 Å². The Morgan fingerprint density at radius 3 is 2.21 bits per heavy atom. The predicted octanol–water partition coefficient (Wildman–Crippen LogP) is 3.92. The maximum atomic E-state index is 13.6. The number of carbonyl (C=O) groups is 2.